The van der Waals surface area contributed by atoms with Gasteiger partial charge in [-0.1, -0.05) is 12.1 Å². The fourth-order valence-electron chi connectivity index (χ4n) is 0.0707. The normalized spacial score (nSPS) is 10.5. The van der Waals surface area contributed by atoms with E-state index in [1.165, 1.54) is 0 Å². The Bertz CT molecular complexity index is 83.8. The minimum Gasteiger partial charge on any atom is -0.428 e. The van der Waals surface area contributed by atoms with E-state index in [0.717, 1.165) is 29.2 Å². The molecule has 0 aromatic rings. The van der Waals surface area contributed by atoms with Crippen molar-refractivity contribution in [2.75, 3.05) is 6.61 Å². The molecule has 0 radical (unpaired) electrons. The molecule has 0 atom stereocenters. The van der Waals surface area contributed by atoms with E-state index < -0.39 is 0 Å². The third-order valence-corrected chi connectivity index (χ3v) is 1.55. The topological polar surface area (TPSA) is 41.8 Å². The Morgan fingerprint density at radius 1 is 1.60 bits per heavy atom. The molecule has 0 spiro atoms. The Hall–Kier alpha value is -0.353. The highest BCUT2D eigenvalue weighted by atomic mass is 28.2. The van der Waals surface area contributed by atoms with Gasteiger partial charge in [-0.2, -0.15) is 0 Å². The van der Waals surface area contributed by atoms with Gasteiger partial charge in [-0.05, 0) is 20.3 Å². The average molecular weight is 163 g/mol. The van der Waals surface area contributed by atoms with E-state index in [1.54, 1.807) is 6.92 Å². The molecular weight excluding hydrogens is 146 g/mol. The van der Waals surface area contributed by atoms with Crippen molar-refractivity contribution in [1.29, 1.82) is 0 Å². The van der Waals surface area contributed by atoms with E-state index >= 15 is 0 Å². The minimum absolute atomic E-state index is 0.773. The summed E-state index contributed by atoms with van der Waals surface area (Å²) in [5, 5.41) is 10.8. The largest absolute Gasteiger partial charge is 0.428 e. The van der Waals surface area contributed by atoms with Gasteiger partial charge in [-0.15, -0.1) is 0 Å². The fraction of sp³-hybridized carbons (Fsp3) is 0.833. The van der Waals surface area contributed by atoms with Crippen LogP contribution in [0.1, 0.15) is 27.2 Å². The minimum atomic E-state index is 0.773. The summed E-state index contributed by atoms with van der Waals surface area (Å²) >= 11 is 0. The van der Waals surface area contributed by atoms with Gasteiger partial charge in [0.2, 0.25) is 0 Å². The van der Waals surface area contributed by atoms with Gasteiger partial charge >= 0.3 is 0 Å². The molecule has 0 unspecified atom stereocenters. The molecule has 3 nitrogen and oxygen atoms in total. The van der Waals surface area contributed by atoms with Crippen molar-refractivity contribution < 1.29 is 9.63 Å². The van der Waals surface area contributed by atoms with Gasteiger partial charge in [0.25, 0.3) is 0 Å². The summed E-state index contributed by atoms with van der Waals surface area (Å²) in [4.78, 5) is 0. The Morgan fingerprint density at radius 2 is 2.00 bits per heavy atom. The van der Waals surface area contributed by atoms with Crippen LogP contribution in [-0.2, 0) is 4.43 Å². The molecule has 62 valence electrons. The monoisotopic (exact) mass is 163 g/mol. The summed E-state index contributed by atoms with van der Waals surface area (Å²) in [6.07, 6.45) is 0.830. The maximum Gasteiger partial charge on any atom is 0.145 e. The van der Waals surface area contributed by atoms with Crippen molar-refractivity contribution >= 4 is 16.2 Å². The Kier molecular flexibility index (Phi) is 14.1. The first kappa shape index (κ1) is 12.3. The molecule has 0 aliphatic rings. The lowest BCUT2D eigenvalue weighted by molar-refractivity contribution is 0.317. The van der Waals surface area contributed by atoms with E-state index in [1.807, 2.05) is 13.8 Å². The first-order valence-corrected chi connectivity index (χ1v) is 4.20. The first-order chi connectivity index (χ1) is 4.72. The Labute approximate surface area is 65.6 Å². The maximum absolute atomic E-state index is 7.92. The van der Waals surface area contributed by atoms with E-state index in [0.29, 0.717) is 0 Å². The lowest BCUT2D eigenvalue weighted by Crippen LogP contribution is -1.83. The summed E-state index contributed by atoms with van der Waals surface area (Å²) < 4.78 is 4.68. The van der Waals surface area contributed by atoms with Crippen molar-refractivity contribution in [1.82, 2.24) is 0 Å². The quantitative estimate of drug-likeness (QED) is 0.279. The van der Waals surface area contributed by atoms with E-state index in [2.05, 4.69) is 9.58 Å². The average Bonchev–Trinajstić information content (AvgIpc) is 2.03. The van der Waals surface area contributed by atoms with Gasteiger partial charge < -0.3 is 9.63 Å². The van der Waals surface area contributed by atoms with Crippen LogP contribution in [0, 0.1) is 0 Å². The van der Waals surface area contributed by atoms with Crippen molar-refractivity contribution in [2.24, 2.45) is 5.16 Å². The fourth-order valence-corrected chi connectivity index (χ4v) is 0.0707. The van der Waals surface area contributed by atoms with Crippen LogP contribution in [0.25, 0.3) is 0 Å². The van der Waals surface area contributed by atoms with Crippen molar-refractivity contribution in [3.8, 4) is 0 Å². The molecule has 0 bridgehead atoms. The van der Waals surface area contributed by atoms with E-state index in [4.69, 9.17) is 5.21 Å². The molecule has 0 aliphatic carbocycles. The second kappa shape index (κ2) is 11.4. The summed E-state index contributed by atoms with van der Waals surface area (Å²) in [6.45, 7) is 6.59. The first-order valence-electron chi connectivity index (χ1n) is 3.39. The molecule has 0 heterocycles. The van der Waals surface area contributed by atoms with Crippen molar-refractivity contribution in [3.63, 3.8) is 0 Å². The number of oxime groups is 1. The molecule has 0 rings (SSSR count). The molecule has 0 aliphatic heterocycles. The van der Waals surface area contributed by atoms with Gasteiger partial charge in [0.1, 0.15) is 10.5 Å². The standard InChI is InChI=1S/C4H9NO.C2H8OSi/c1-3-4(2)5-6;1-2-3-4/h6H,3H2,1-2H3;2H2,1,4H3. The number of hydrogen-bond acceptors (Lipinski definition) is 3. The van der Waals surface area contributed by atoms with Crippen LogP contribution < -0.4 is 0 Å². The Morgan fingerprint density at radius 3 is 2.00 bits per heavy atom. The highest BCUT2D eigenvalue weighted by Crippen LogP contribution is 1.78. The number of hydrogen-bond donors (Lipinski definition) is 1. The Balaban J connectivity index is 0. The molecule has 0 fully saturated rings. The molecule has 0 saturated carbocycles. The predicted molar refractivity (Wildman–Crippen MR) is 46.8 cm³/mol. The molecule has 0 saturated heterocycles. The van der Waals surface area contributed by atoms with Gasteiger partial charge in [0.15, 0.2) is 0 Å². The summed E-state index contributed by atoms with van der Waals surface area (Å²) in [7, 11) is 0.890. The van der Waals surface area contributed by atoms with Gasteiger partial charge in [-0.3, -0.25) is 0 Å². The maximum atomic E-state index is 7.92. The lowest BCUT2D eigenvalue weighted by Gasteiger charge is -1.81. The zero-order valence-corrected chi connectivity index (χ0v) is 9.22. The highest BCUT2D eigenvalue weighted by molar-refractivity contribution is 5.97. The van der Waals surface area contributed by atoms with Crippen LogP contribution in [0.2, 0.25) is 0 Å². The zero-order valence-electron chi connectivity index (χ0n) is 7.22. The van der Waals surface area contributed by atoms with Crippen LogP contribution in [0.15, 0.2) is 5.16 Å². The van der Waals surface area contributed by atoms with Crippen LogP contribution in [-0.4, -0.2) is 28.0 Å². The molecule has 0 aromatic carbocycles. The molecular formula is C6H17NO2Si. The molecule has 4 heteroatoms. The van der Waals surface area contributed by atoms with Crippen LogP contribution in [0.5, 0.6) is 0 Å². The third-order valence-electron chi connectivity index (χ3n) is 0.971. The third kappa shape index (κ3) is 15.6. The van der Waals surface area contributed by atoms with Crippen LogP contribution in [0.4, 0.5) is 0 Å². The smallest absolute Gasteiger partial charge is 0.145 e. The second-order valence-electron chi connectivity index (χ2n) is 1.77. The molecule has 10 heavy (non-hydrogen) atoms. The second-order valence-corrected chi connectivity index (χ2v) is 2.34. The lowest BCUT2D eigenvalue weighted by atomic mass is 10.3. The van der Waals surface area contributed by atoms with E-state index in [-0.39, 0.29) is 0 Å². The summed E-state index contributed by atoms with van der Waals surface area (Å²) in [5.41, 5.74) is 0.773. The van der Waals surface area contributed by atoms with Gasteiger partial charge in [-0.25, -0.2) is 0 Å². The van der Waals surface area contributed by atoms with Crippen LogP contribution in [0.3, 0.4) is 0 Å². The summed E-state index contributed by atoms with van der Waals surface area (Å²) in [5.74, 6) is 0. The van der Waals surface area contributed by atoms with E-state index in [9.17, 15) is 0 Å². The number of rotatable bonds is 2. The molecule has 0 amide bonds. The van der Waals surface area contributed by atoms with Crippen LogP contribution >= 0.6 is 0 Å². The molecule has 0 aromatic heterocycles. The number of nitrogens with zero attached hydrogens (tertiary/aromatic N) is 1. The van der Waals surface area contributed by atoms with Crippen molar-refractivity contribution in [3.05, 3.63) is 0 Å². The molecule has 1 N–H and O–H groups in total. The van der Waals surface area contributed by atoms with Gasteiger partial charge in [0.05, 0.1) is 5.71 Å². The van der Waals surface area contributed by atoms with Crippen molar-refractivity contribution in [2.45, 2.75) is 27.2 Å². The SMILES string of the molecule is CCC(C)=NO.CCO[SiH3]. The summed E-state index contributed by atoms with van der Waals surface area (Å²) in [6, 6.07) is 0. The van der Waals surface area contributed by atoms with Gasteiger partial charge in [0, 0.05) is 6.61 Å². The zero-order chi connectivity index (χ0) is 8.41. The highest BCUT2D eigenvalue weighted by Gasteiger charge is 1.77. The predicted octanol–water partition coefficient (Wildman–Crippen LogP) is 0.550.